The largest absolute Gasteiger partial charge is 0.457 e. The van der Waals surface area contributed by atoms with Crippen LogP contribution in [0.15, 0.2) is 401 Å². The molecular weight excluding hydrogens is 1330 g/mol. The minimum absolute atomic E-state index is 0.154. The van der Waals surface area contributed by atoms with Crippen molar-refractivity contribution in [3.8, 4) is 78.6 Å². The number of anilines is 3. The summed E-state index contributed by atoms with van der Waals surface area (Å²) in [6.45, 7) is 7.86. The summed E-state index contributed by atoms with van der Waals surface area (Å²) in [6, 6.07) is 135. The molecule has 0 heterocycles. The van der Waals surface area contributed by atoms with Crippen LogP contribution >= 0.6 is 0 Å². The van der Waals surface area contributed by atoms with E-state index in [2.05, 4.69) is 309 Å². The Morgan fingerprint density at radius 2 is 0.606 bits per heavy atom. The van der Waals surface area contributed by atoms with E-state index < -0.39 is 10.8 Å². The summed E-state index contributed by atoms with van der Waals surface area (Å²) in [6.07, 6.45) is 4.31. The Bertz CT molecular complexity index is 5990. The lowest BCUT2D eigenvalue weighted by atomic mass is 9.67. The standard InChI is InChI=1S/C104H73F2NO2/c1-3-70-27-53-90(54-28-70)108-92-57-40-83(41-58-92)103(81-21-13-7-14-22-81)99-66-78(73-17-9-5-10-18-73)37-61-94(99)96-63-39-80(68-101(96)103)98(77-33-44-85(105)45-34-77)65-72-25-31-75(32-26-72)76-35-48-87(49-36-76)107(88-50-46-86(106)47-51-88)89-52-64-97-95-62-38-79(74-19-11-6-12-20-74)67-100(95)104(102(97)69-89,82-23-15-8-16-24-82)84-42-59-93(60-43-84)109-91-55-29-71(4-2)30-56-91/h3-64,66-69,98H,1-2,65H2. The Morgan fingerprint density at radius 3 is 1.05 bits per heavy atom. The van der Waals surface area contributed by atoms with Gasteiger partial charge in [-0.25, -0.2) is 8.78 Å². The molecule has 0 saturated heterocycles. The molecular formula is C104H73F2NO2. The molecule has 2 aliphatic rings. The summed E-state index contributed by atoms with van der Waals surface area (Å²) >= 11 is 0. The molecule has 2 aliphatic carbocycles. The lowest BCUT2D eigenvalue weighted by Crippen LogP contribution is -2.29. The van der Waals surface area contributed by atoms with Gasteiger partial charge in [0, 0.05) is 23.0 Å². The second-order valence-electron chi connectivity index (χ2n) is 28.2. The molecule has 0 amide bonds. The summed E-state index contributed by atoms with van der Waals surface area (Å²) < 4.78 is 43.2. The fraction of sp³-hybridized carbons (Fsp3) is 0.0385. The number of hydrogen-bond acceptors (Lipinski definition) is 3. The van der Waals surface area contributed by atoms with Crippen LogP contribution in [0.2, 0.25) is 0 Å². The van der Waals surface area contributed by atoms with Gasteiger partial charge >= 0.3 is 0 Å². The van der Waals surface area contributed by atoms with E-state index in [1.807, 2.05) is 84.9 Å². The van der Waals surface area contributed by atoms with Crippen LogP contribution in [-0.2, 0) is 17.3 Å². The molecule has 0 aliphatic heterocycles. The second-order valence-corrected chi connectivity index (χ2v) is 28.2. The fourth-order valence-electron chi connectivity index (χ4n) is 16.8. The van der Waals surface area contributed by atoms with Gasteiger partial charge in [0.15, 0.2) is 0 Å². The summed E-state index contributed by atoms with van der Waals surface area (Å²) in [4.78, 5) is 2.23. The molecule has 5 heteroatoms. The van der Waals surface area contributed by atoms with Crippen molar-refractivity contribution >= 4 is 29.2 Å². The van der Waals surface area contributed by atoms with Gasteiger partial charge in [0.05, 0.1) is 10.8 Å². The number of rotatable bonds is 20. The van der Waals surface area contributed by atoms with Crippen LogP contribution in [0.3, 0.4) is 0 Å². The van der Waals surface area contributed by atoms with Crippen molar-refractivity contribution in [2.45, 2.75) is 23.2 Å². The average Bonchev–Trinajstić information content (AvgIpc) is 1.55. The molecule has 0 fully saturated rings. The van der Waals surface area contributed by atoms with Crippen LogP contribution in [0, 0.1) is 11.6 Å². The van der Waals surface area contributed by atoms with E-state index in [0.29, 0.717) is 6.42 Å². The van der Waals surface area contributed by atoms with E-state index in [-0.39, 0.29) is 17.6 Å². The highest BCUT2D eigenvalue weighted by Gasteiger charge is 2.49. The van der Waals surface area contributed by atoms with Gasteiger partial charge in [0.2, 0.25) is 0 Å². The van der Waals surface area contributed by atoms with Gasteiger partial charge in [-0.15, -0.1) is 0 Å². The Balaban J connectivity index is 0.700. The van der Waals surface area contributed by atoms with Gasteiger partial charge in [0.1, 0.15) is 34.6 Å². The predicted octanol–water partition coefficient (Wildman–Crippen LogP) is 27.4. The van der Waals surface area contributed by atoms with Crippen LogP contribution in [0.1, 0.15) is 78.2 Å². The van der Waals surface area contributed by atoms with Crippen molar-refractivity contribution in [1.82, 2.24) is 0 Å². The van der Waals surface area contributed by atoms with E-state index in [4.69, 9.17) is 9.47 Å². The lowest BCUT2D eigenvalue weighted by Gasteiger charge is -2.35. The molecule has 0 bridgehead atoms. The fourth-order valence-corrected chi connectivity index (χ4v) is 16.8. The van der Waals surface area contributed by atoms with Gasteiger partial charge in [-0.05, 0) is 256 Å². The van der Waals surface area contributed by atoms with Gasteiger partial charge in [-0.2, -0.15) is 0 Å². The third kappa shape index (κ3) is 12.4. The van der Waals surface area contributed by atoms with Crippen molar-refractivity contribution < 1.29 is 18.3 Å². The zero-order chi connectivity index (χ0) is 73.4. The third-order valence-corrected chi connectivity index (χ3v) is 22.1. The molecule has 0 radical (unpaired) electrons. The first kappa shape index (κ1) is 67.2. The lowest BCUT2D eigenvalue weighted by molar-refractivity contribution is 0.482. The van der Waals surface area contributed by atoms with Crippen LogP contribution < -0.4 is 14.4 Å². The maximum Gasteiger partial charge on any atom is 0.127 e. The highest BCUT2D eigenvalue weighted by Crippen LogP contribution is 2.60. The maximum atomic E-state index is 15.1. The quantitative estimate of drug-likeness (QED) is 0.0759. The highest BCUT2D eigenvalue weighted by atomic mass is 19.1. The van der Waals surface area contributed by atoms with Gasteiger partial charge in [-0.1, -0.05) is 292 Å². The zero-order valence-electron chi connectivity index (χ0n) is 59.8. The van der Waals surface area contributed by atoms with Crippen molar-refractivity contribution in [3.63, 3.8) is 0 Å². The second kappa shape index (κ2) is 28.6. The summed E-state index contributed by atoms with van der Waals surface area (Å²) in [5, 5.41) is 0. The normalized spacial score (nSPS) is 14.7. The summed E-state index contributed by atoms with van der Waals surface area (Å²) in [5.74, 6) is 2.20. The van der Waals surface area contributed by atoms with E-state index >= 15 is 8.78 Å². The molecule has 18 rings (SSSR count). The van der Waals surface area contributed by atoms with Crippen molar-refractivity contribution in [2.24, 2.45) is 0 Å². The number of hydrogen-bond donors (Lipinski definition) is 0. The molecule has 3 nitrogen and oxygen atoms in total. The van der Waals surface area contributed by atoms with Gasteiger partial charge in [0.25, 0.3) is 0 Å². The van der Waals surface area contributed by atoms with E-state index in [0.717, 1.165) is 146 Å². The number of fused-ring (bicyclic) bond motifs is 6. The number of ether oxygens (including phenoxy) is 2. The van der Waals surface area contributed by atoms with Crippen LogP contribution in [0.25, 0.3) is 67.8 Å². The molecule has 16 aromatic carbocycles. The topological polar surface area (TPSA) is 21.7 Å². The molecule has 109 heavy (non-hydrogen) atoms. The van der Waals surface area contributed by atoms with Crippen molar-refractivity contribution in [3.05, 3.63) is 485 Å². The van der Waals surface area contributed by atoms with Crippen LogP contribution in [0.4, 0.5) is 25.8 Å². The first-order valence-corrected chi connectivity index (χ1v) is 37.0. The summed E-state index contributed by atoms with van der Waals surface area (Å²) in [5.41, 5.74) is 26.8. The highest BCUT2D eigenvalue weighted by molar-refractivity contribution is 5.93. The molecule has 3 atom stereocenters. The number of halogens is 2. The van der Waals surface area contributed by atoms with Crippen molar-refractivity contribution in [1.29, 1.82) is 0 Å². The van der Waals surface area contributed by atoms with Crippen molar-refractivity contribution in [2.75, 3.05) is 4.90 Å². The third-order valence-electron chi connectivity index (χ3n) is 22.1. The average molecular weight is 1410 g/mol. The molecule has 3 unspecified atom stereocenters. The molecule has 0 aromatic heterocycles. The summed E-state index contributed by atoms with van der Waals surface area (Å²) in [7, 11) is 0. The maximum absolute atomic E-state index is 15.1. The minimum Gasteiger partial charge on any atom is -0.457 e. The molecule has 520 valence electrons. The first-order chi connectivity index (χ1) is 53.7. The smallest absolute Gasteiger partial charge is 0.127 e. The first-order valence-electron chi connectivity index (χ1n) is 37.0. The van der Waals surface area contributed by atoms with Gasteiger partial charge < -0.3 is 14.4 Å². The van der Waals surface area contributed by atoms with Crippen LogP contribution in [-0.4, -0.2) is 0 Å². The molecule has 16 aromatic rings. The Kier molecular flexibility index (Phi) is 17.6. The van der Waals surface area contributed by atoms with E-state index in [9.17, 15) is 0 Å². The number of nitrogens with zero attached hydrogens (tertiary/aromatic N) is 1. The minimum atomic E-state index is -0.791. The Labute approximate surface area is 635 Å². The Hall–Kier alpha value is -13.7. The zero-order valence-corrected chi connectivity index (χ0v) is 59.8. The molecule has 0 saturated carbocycles. The van der Waals surface area contributed by atoms with Crippen LogP contribution in [0.5, 0.6) is 23.0 Å². The van der Waals surface area contributed by atoms with E-state index in [1.165, 1.54) is 34.4 Å². The molecule has 0 spiro atoms. The predicted molar refractivity (Wildman–Crippen MR) is 444 cm³/mol. The molecule has 0 N–H and O–H groups in total. The monoisotopic (exact) mass is 1410 g/mol. The Morgan fingerprint density at radius 1 is 0.284 bits per heavy atom. The number of benzene rings is 16. The SMILES string of the molecule is C=Cc1ccc(Oc2ccc(C3(c4ccccc4)c4cc(-c5ccccc5)ccc4-c4ccc(C(Cc5ccc(-c6ccc(N(c7ccc(F)cc7)c7ccc8c(c7)C(c7ccccc7)(c7ccc(Oc9ccc(C=C)cc9)cc7)c7cc(-c9ccccc9)ccc7-8)cc6)cc5)c5ccc(F)cc5)cc43)cc2)cc1. The van der Waals surface area contributed by atoms with Gasteiger partial charge in [-0.3, -0.25) is 0 Å². The van der Waals surface area contributed by atoms with E-state index in [1.54, 1.807) is 12.1 Å².